The molecule has 1 saturated heterocycles. The van der Waals surface area contributed by atoms with E-state index in [0.717, 1.165) is 0 Å². The Balaban J connectivity index is 1.93. The van der Waals surface area contributed by atoms with E-state index < -0.39 is 5.67 Å². The maximum atomic E-state index is 14.1. The molecule has 0 aromatic carbocycles. The highest BCUT2D eigenvalue weighted by molar-refractivity contribution is 5.44. The van der Waals surface area contributed by atoms with Gasteiger partial charge in [-0.3, -0.25) is 0 Å². The lowest BCUT2D eigenvalue weighted by molar-refractivity contribution is 0.0807. The van der Waals surface area contributed by atoms with Crippen molar-refractivity contribution < 1.29 is 18.1 Å². The molecule has 1 unspecified atom stereocenters. The number of hydrogen-bond donors (Lipinski definition) is 0. The zero-order valence-electron chi connectivity index (χ0n) is 8.35. The molecular formula is C10H9FN2O3. The van der Waals surface area contributed by atoms with Crippen molar-refractivity contribution >= 4 is 0 Å². The van der Waals surface area contributed by atoms with Crippen molar-refractivity contribution in [1.82, 2.24) is 10.1 Å². The van der Waals surface area contributed by atoms with Crippen molar-refractivity contribution in [3.05, 3.63) is 24.3 Å². The van der Waals surface area contributed by atoms with Crippen LogP contribution in [0, 0.1) is 0 Å². The highest BCUT2D eigenvalue weighted by Crippen LogP contribution is 2.34. The smallest absolute Gasteiger partial charge is 0.267 e. The number of nitrogens with zero attached hydrogens (tertiary/aromatic N) is 2. The Morgan fingerprint density at radius 3 is 3.06 bits per heavy atom. The minimum Gasteiger partial charge on any atom is -0.461 e. The van der Waals surface area contributed by atoms with Crippen LogP contribution in [0.4, 0.5) is 4.39 Å². The molecule has 2 aromatic heterocycles. The van der Waals surface area contributed by atoms with Crippen LogP contribution in [0.5, 0.6) is 0 Å². The number of halogens is 1. The molecule has 0 N–H and O–H groups in total. The third-order valence-electron chi connectivity index (χ3n) is 2.52. The fourth-order valence-electron chi connectivity index (χ4n) is 1.62. The number of hydrogen-bond acceptors (Lipinski definition) is 5. The van der Waals surface area contributed by atoms with E-state index in [0.29, 0.717) is 12.4 Å². The Morgan fingerprint density at radius 2 is 2.38 bits per heavy atom. The van der Waals surface area contributed by atoms with Crippen molar-refractivity contribution in [2.24, 2.45) is 0 Å². The van der Waals surface area contributed by atoms with Gasteiger partial charge in [0.25, 0.3) is 5.89 Å². The van der Waals surface area contributed by atoms with Crippen molar-refractivity contribution in [3.63, 3.8) is 0 Å². The van der Waals surface area contributed by atoms with E-state index in [-0.39, 0.29) is 24.7 Å². The summed E-state index contributed by atoms with van der Waals surface area (Å²) in [4.78, 5) is 3.98. The topological polar surface area (TPSA) is 61.3 Å². The zero-order valence-corrected chi connectivity index (χ0v) is 8.35. The van der Waals surface area contributed by atoms with E-state index in [9.17, 15) is 4.39 Å². The molecular weight excluding hydrogens is 215 g/mol. The summed E-state index contributed by atoms with van der Waals surface area (Å²) in [5.41, 5.74) is -1.65. The Bertz CT molecular complexity index is 474. The van der Waals surface area contributed by atoms with Gasteiger partial charge in [0.15, 0.2) is 5.76 Å². The van der Waals surface area contributed by atoms with Crippen molar-refractivity contribution in [2.75, 3.05) is 13.2 Å². The lowest BCUT2D eigenvalue weighted by Crippen LogP contribution is -2.20. The van der Waals surface area contributed by atoms with Crippen molar-refractivity contribution in [1.29, 1.82) is 0 Å². The first-order valence-corrected chi connectivity index (χ1v) is 4.93. The Morgan fingerprint density at radius 1 is 1.44 bits per heavy atom. The van der Waals surface area contributed by atoms with Crippen molar-refractivity contribution in [2.45, 2.75) is 12.1 Å². The second-order valence-corrected chi connectivity index (χ2v) is 3.67. The summed E-state index contributed by atoms with van der Waals surface area (Å²) in [6.45, 7) is 0.335. The van der Waals surface area contributed by atoms with Gasteiger partial charge < -0.3 is 13.7 Å². The SMILES string of the molecule is FC1(c2nc(-c3ccco3)no2)CCOC1. The number of alkyl halides is 1. The van der Waals surface area contributed by atoms with Gasteiger partial charge in [-0.2, -0.15) is 4.98 Å². The normalized spacial score (nSPS) is 25.1. The van der Waals surface area contributed by atoms with E-state index in [1.54, 1.807) is 12.1 Å². The highest BCUT2D eigenvalue weighted by Gasteiger charge is 2.42. The molecule has 0 amide bonds. The lowest BCUT2D eigenvalue weighted by atomic mass is 10.1. The van der Waals surface area contributed by atoms with Gasteiger partial charge >= 0.3 is 0 Å². The van der Waals surface area contributed by atoms with Gasteiger partial charge in [0, 0.05) is 6.42 Å². The molecule has 0 saturated carbocycles. The van der Waals surface area contributed by atoms with Gasteiger partial charge in [-0.25, -0.2) is 4.39 Å². The van der Waals surface area contributed by atoms with E-state index in [2.05, 4.69) is 10.1 Å². The molecule has 6 heteroatoms. The summed E-state index contributed by atoms with van der Waals surface area (Å²) in [5, 5.41) is 3.67. The summed E-state index contributed by atoms with van der Waals surface area (Å²) >= 11 is 0. The van der Waals surface area contributed by atoms with E-state index in [1.165, 1.54) is 6.26 Å². The third-order valence-corrected chi connectivity index (χ3v) is 2.52. The lowest BCUT2D eigenvalue weighted by Gasteiger charge is -2.09. The summed E-state index contributed by atoms with van der Waals surface area (Å²) in [6, 6.07) is 3.39. The second kappa shape index (κ2) is 3.41. The molecule has 3 rings (SSSR count). The maximum Gasteiger partial charge on any atom is 0.267 e. The molecule has 0 aliphatic carbocycles. The predicted molar refractivity (Wildman–Crippen MR) is 50.2 cm³/mol. The molecule has 0 bridgehead atoms. The van der Waals surface area contributed by atoms with Crippen LogP contribution in [-0.4, -0.2) is 23.4 Å². The Hall–Kier alpha value is -1.69. The maximum absolute atomic E-state index is 14.1. The van der Waals surface area contributed by atoms with Crippen LogP contribution in [0.3, 0.4) is 0 Å². The molecule has 0 radical (unpaired) electrons. The van der Waals surface area contributed by atoms with Gasteiger partial charge in [0.2, 0.25) is 11.5 Å². The zero-order chi connectivity index (χ0) is 11.0. The summed E-state index contributed by atoms with van der Waals surface area (Å²) in [6.07, 6.45) is 1.74. The van der Waals surface area contributed by atoms with Gasteiger partial charge in [-0.05, 0) is 12.1 Å². The van der Waals surface area contributed by atoms with Gasteiger partial charge in [0.05, 0.1) is 19.5 Å². The van der Waals surface area contributed by atoms with Crippen LogP contribution in [0.2, 0.25) is 0 Å². The third kappa shape index (κ3) is 1.42. The largest absolute Gasteiger partial charge is 0.461 e. The number of rotatable bonds is 2. The fourth-order valence-corrected chi connectivity index (χ4v) is 1.62. The molecule has 1 atom stereocenters. The number of aromatic nitrogens is 2. The predicted octanol–water partition coefficient (Wildman–Crippen LogP) is 1.91. The van der Waals surface area contributed by atoms with E-state index in [1.807, 2.05) is 0 Å². The first-order valence-electron chi connectivity index (χ1n) is 4.93. The quantitative estimate of drug-likeness (QED) is 0.779. The van der Waals surface area contributed by atoms with Crippen LogP contribution in [0.15, 0.2) is 27.3 Å². The molecule has 2 aromatic rings. The average molecular weight is 224 g/mol. The highest BCUT2D eigenvalue weighted by atomic mass is 19.1. The molecule has 1 fully saturated rings. The van der Waals surface area contributed by atoms with Crippen LogP contribution in [0.25, 0.3) is 11.6 Å². The first-order chi connectivity index (χ1) is 7.78. The van der Waals surface area contributed by atoms with Gasteiger partial charge in [0.1, 0.15) is 0 Å². The van der Waals surface area contributed by atoms with E-state index >= 15 is 0 Å². The molecule has 84 valence electrons. The Kier molecular flexibility index (Phi) is 2.03. The monoisotopic (exact) mass is 224 g/mol. The fraction of sp³-hybridized carbons (Fsp3) is 0.400. The molecule has 5 nitrogen and oxygen atoms in total. The Labute approximate surface area is 90.2 Å². The summed E-state index contributed by atoms with van der Waals surface area (Å²) in [5.74, 6) is 0.665. The molecule has 0 spiro atoms. The number of ether oxygens (including phenoxy) is 1. The van der Waals surface area contributed by atoms with Crippen LogP contribution in [0.1, 0.15) is 12.3 Å². The van der Waals surface area contributed by atoms with Crippen LogP contribution in [-0.2, 0) is 10.4 Å². The summed E-state index contributed by atoms with van der Waals surface area (Å²) < 4.78 is 29.1. The van der Waals surface area contributed by atoms with Crippen LogP contribution < -0.4 is 0 Å². The van der Waals surface area contributed by atoms with Crippen molar-refractivity contribution in [3.8, 4) is 11.6 Å². The van der Waals surface area contributed by atoms with Gasteiger partial charge in [-0.15, -0.1) is 0 Å². The molecule has 3 heterocycles. The minimum absolute atomic E-state index is 0.0349. The molecule has 1 aliphatic rings. The number of furan rings is 1. The molecule has 16 heavy (non-hydrogen) atoms. The summed E-state index contributed by atoms with van der Waals surface area (Å²) in [7, 11) is 0. The average Bonchev–Trinajstić information content (AvgIpc) is 2.98. The van der Waals surface area contributed by atoms with Gasteiger partial charge in [-0.1, -0.05) is 5.16 Å². The second-order valence-electron chi connectivity index (χ2n) is 3.67. The van der Waals surface area contributed by atoms with E-state index in [4.69, 9.17) is 13.7 Å². The minimum atomic E-state index is -1.65. The first kappa shape index (κ1) is 9.53. The molecule has 1 aliphatic heterocycles. The van der Waals surface area contributed by atoms with Crippen LogP contribution >= 0.6 is 0 Å². The standard InChI is InChI=1S/C10H9FN2O3/c11-10(3-5-14-6-10)9-12-8(13-16-9)7-2-1-4-15-7/h1-2,4H,3,5-6H2.